The van der Waals surface area contributed by atoms with Crippen molar-refractivity contribution in [3.63, 3.8) is 0 Å². The molecule has 0 unspecified atom stereocenters. The third-order valence-corrected chi connectivity index (χ3v) is 3.82. The molecular formula is C20H22N2. The van der Waals surface area contributed by atoms with E-state index in [1.165, 1.54) is 23.2 Å². The standard InChI is InChI=1S/C20H22N2/c1-3-8-17-9-7-10-18(14-17)15-20-13-16(2)21-22(20)19-11-5-4-6-12-19/h4-7,9-14H,3,8,15H2,1-2H3. The van der Waals surface area contributed by atoms with E-state index in [4.69, 9.17) is 0 Å². The van der Waals surface area contributed by atoms with Crippen molar-refractivity contribution in [2.24, 2.45) is 0 Å². The van der Waals surface area contributed by atoms with Crippen LogP contribution in [0.2, 0.25) is 0 Å². The normalized spacial score (nSPS) is 10.8. The Morgan fingerprint density at radius 3 is 2.45 bits per heavy atom. The van der Waals surface area contributed by atoms with Crippen molar-refractivity contribution >= 4 is 0 Å². The molecule has 0 atom stereocenters. The van der Waals surface area contributed by atoms with Crippen LogP contribution in [-0.2, 0) is 12.8 Å². The quantitative estimate of drug-likeness (QED) is 0.664. The molecule has 2 heteroatoms. The topological polar surface area (TPSA) is 17.8 Å². The maximum absolute atomic E-state index is 4.65. The Bertz CT molecular complexity index is 741. The average molecular weight is 290 g/mol. The Labute approximate surface area is 132 Å². The highest BCUT2D eigenvalue weighted by Gasteiger charge is 2.08. The van der Waals surface area contributed by atoms with Gasteiger partial charge in [0.15, 0.2) is 0 Å². The lowest BCUT2D eigenvalue weighted by atomic mass is 10.0. The van der Waals surface area contributed by atoms with E-state index < -0.39 is 0 Å². The molecule has 0 saturated heterocycles. The van der Waals surface area contributed by atoms with Crippen LogP contribution >= 0.6 is 0 Å². The first-order valence-corrected chi connectivity index (χ1v) is 7.95. The van der Waals surface area contributed by atoms with Gasteiger partial charge in [0.25, 0.3) is 0 Å². The lowest BCUT2D eigenvalue weighted by Crippen LogP contribution is -2.03. The third-order valence-electron chi connectivity index (χ3n) is 3.82. The third kappa shape index (κ3) is 3.28. The molecule has 22 heavy (non-hydrogen) atoms. The first-order chi connectivity index (χ1) is 10.8. The van der Waals surface area contributed by atoms with E-state index in [1.54, 1.807) is 0 Å². The fourth-order valence-electron chi connectivity index (χ4n) is 2.86. The Balaban J connectivity index is 1.91. The summed E-state index contributed by atoms with van der Waals surface area (Å²) in [6.07, 6.45) is 3.24. The molecule has 0 fully saturated rings. The fourth-order valence-corrected chi connectivity index (χ4v) is 2.86. The molecule has 0 amide bonds. The van der Waals surface area contributed by atoms with Crippen molar-refractivity contribution in [1.82, 2.24) is 9.78 Å². The number of hydrogen-bond donors (Lipinski definition) is 0. The summed E-state index contributed by atoms with van der Waals surface area (Å²) in [5.41, 5.74) is 6.18. The summed E-state index contributed by atoms with van der Waals surface area (Å²) in [6, 6.07) is 21.4. The van der Waals surface area contributed by atoms with Gasteiger partial charge in [0.1, 0.15) is 0 Å². The number of aromatic nitrogens is 2. The highest BCUT2D eigenvalue weighted by molar-refractivity contribution is 5.36. The summed E-state index contributed by atoms with van der Waals surface area (Å²) in [7, 11) is 0. The largest absolute Gasteiger partial charge is 0.237 e. The van der Waals surface area contributed by atoms with E-state index in [2.05, 4.69) is 78.2 Å². The number of rotatable bonds is 5. The van der Waals surface area contributed by atoms with Gasteiger partial charge in [-0.15, -0.1) is 0 Å². The van der Waals surface area contributed by atoms with Crippen LogP contribution in [0.1, 0.15) is 35.9 Å². The van der Waals surface area contributed by atoms with Gasteiger partial charge in [-0.25, -0.2) is 4.68 Å². The molecule has 0 N–H and O–H groups in total. The van der Waals surface area contributed by atoms with Crippen LogP contribution in [0, 0.1) is 6.92 Å². The average Bonchev–Trinajstić information content (AvgIpc) is 2.89. The molecule has 2 aromatic carbocycles. The Kier molecular flexibility index (Phi) is 4.38. The van der Waals surface area contributed by atoms with Crippen LogP contribution < -0.4 is 0 Å². The number of nitrogens with zero attached hydrogens (tertiary/aromatic N) is 2. The molecule has 0 saturated carbocycles. The van der Waals surface area contributed by atoms with E-state index in [-0.39, 0.29) is 0 Å². The predicted molar refractivity (Wildman–Crippen MR) is 91.5 cm³/mol. The Hall–Kier alpha value is -2.35. The van der Waals surface area contributed by atoms with Crippen LogP contribution in [-0.4, -0.2) is 9.78 Å². The minimum Gasteiger partial charge on any atom is -0.237 e. The molecule has 3 rings (SSSR count). The van der Waals surface area contributed by atoms with E-state index in [0.717, 1.165) is 24.2 Å². The smallest absolute Gasteiger partial charge is 0.0649 e. The van der Waals surface area contributed by atoms with E-state index in [1.807, 2.05) is 6.07 Å². The van der Waals surface area contributed by atoms with Crippen LogP contribution in [0.4, 0.5) is 0 Å². The van der Waals surface area contributed by atoms with Crippen molar-refractivity contribution < 1.29 is 0 Å². The molecule has 112 valence electrons. The second kappa shape index (κ2) is 6.61. The SMILES string of the molecule is CCCc1cccc(Cc2cc(C)nn2-c2ccccc2)c1. The van der Waals surface area contributed by atoms with Crippen LogP contribution in [0.25, 0.3) is 5.69 Å². The van der Waals surface area contributed by atoms with E-state index >= 15 is 0 Å². The fraction of sp³-hybridized carbons (Fsp3) is 0.250. The number of para-hydroxylation sites is 1. The second-order valence-electron chi connectivity index (χ2n) is 5.77. The summed E-state index contributed by atoms with van der Waals surface area (Å²) in [6.45, 7) is 4.27. The van der Waals surface area contributed by atoms with Crippen molar-refractivity contribution in [1.29, 1.82) is 0 Å². The van der Waals surface area contributed by atoms with Gasteiger partial charge >= 0.3 is 0 Å². The molecule has 1 aromatic heterocycles. The van der Waals surface area contributed by atoms with Gasteiger partial charge in [-0.2, -0.15) is 5.10 Å². The summed E-state index contributed by atoms with van der Waals surface area (Å²) >= 11 is 0. The molecular weight excluding hydrogens is 268 g/mol. The van der Waals surface area contributed by atoms with Crippen molar-refractivity contribution in [2.75, 3.05) is 0 Å². The molecule has 0 spiro atoms. The highest BCUT2D eigenvalue weighted by Crippen LogP contribution is 2.17. The minimum atomic E-state index is 0.910. The summed E-state index contributed by atoms with van der Waals surface area (Å²) in [5.74, 6) is 0. The summed E-state index contributed by atoms with van der Waals surface area (Å²) < 4.78 is 2.06. The number of aryl methyl sites for hydroxylation is 2. The van der Waals surface area contributed by atoms with Gasteiger partial charge in [0, 0.05) is 12.1 Å². The zero-order valence-electron chi connectivity index (χ0n) is 13.3. The second-order valence-corrected chi connectivity index (χ2v) is 5.77. The number of hydrogen-bond acceptors (Lipinski definition) is 1. The maximum Gasteiger partial charge on any atom is 0.0649 e. The van der Waals surface area contributed by atoms with Gasteiger partial charge in [0.05, 0.1) is 11.4 Å². The van der Waals surface area contributed by atoms with Crippen LogP contribution in [0.3, 0.4) is 0 Å². The van der Waals surface area contributed by atoms with Crippen LogP contribution in [0.5, 0.6) is 0 Å². The molecule has 0 radical (unpaired) electrons. The molecule has 0 bridgehead atoms. The lowest BCUT2D eigenvalue weighted by molar-refractivity contribution is 0.812. The molecule has 1 heterocycles. The first-order valence-electron chi connectivity index (χ1n) is 7.95. The van der Waals surface area contributed by atoms with Crippen molar-refractivity contribution in [3.05, 3.63) is 83.2 Å². The van der Waals surface area contributed by atoms with Gasteiger partial charge < -0.3 is 0 Å². The summed E-state index contributed by atoms with van der Waals surface area (Å²) in [5, 5.41) is 4.65. The van der Waals surface area contributed by atoms with Crippen molar-refractivity contribution in [3.8, 4) is 5.69 Å². The summed E-state index contributed by atoms with van der Waals surface area (Å²) in [4.78, 5) is 0. The predicted octanol–water partition coefficient (Wildman–Crippen LogP) is 4.72. The lowest BCUT2D eigenvalue weighted by Gasteiger charge is -2.08. The van der Waals surface area contributed by atoms with Crippen LogP contribution in [0.15, 0.2) is 60.7 Å². The number of benzene rings is 2. The van der Waals surface area contributed by atoms with Gasteiger partial charge in [-0.05, 0) is 42.7 Å². The highest BCUT2D eigenvalue weighted by atomic mass is 15.3. The van der Waals surface area contributed by atoms with Gasteiger partial charge in [0.2, 0.25) is 0 Å². The molecule has 3 aromatic rings. The molecule has 0 aliphatic rings. The maximum atomic E-state index is 4.65. The Morgan fingerprint density at radius 1 is 0.909 bits per heavy atom. The molecule has 2 nitrogen and oxygen atoms in total. The van der Waals surface area contributed by atoms with Crippen molar-refractivity contribution in [2.45, 2.75) is 33.1 Å². The minimum absolute atomic E-state index is 0.910. The first kappa shape index (κ1) is 14.6. The van der Waals surface area contributed by atoms with E-state index in [0.29, 0.717) is 0 Å². The molecule has 0 aliphatic carbocycles. The Morgan fingerprint density at radius 2 is 1.68 bits per heavy atom. The van der Waals surface area contributed by atoms with Gasteiger partial charge in [-0.3, -0.25) is 0 Å². The molecule has 0 aliphatic heterocycles. The van der Waals surface area contributed by atoms with Gasteiger partial charge in [-0.1, -0.05) is 55.8 Å². The monoisotopic (exact) mass is 290 g/mol. The zero-order valence-corrected chi connectivity index (χ0v) is 13.3. The zero-order chi connectivity index (χ0) is 15.4. The van der Waals surface area contributed by atoms with E-state index in [9.17, 15) is 0 Å².